The monoisotopic (exact) mass is 289 g/mol. The van der Waals surface area contributed by atoms with Crippen molar-refractivity contribution in [3.05, 3.63) is 70.3 Å². The van der Waals surface area contributed by atoms with Crippen molar-refractivity contribution in [2.24, 2.45) is 0 Å². The number of nitrogens with zero attached hydrogens (tertiary/aromatic N) is 2. The van der Waals surface area contributed by atoms with Crippen molar-refractivity contribution in [3.8, 4) is 5.69 Å². The van der Waals surface area contributed by atoms with Crippen molar-refractivity contribution in [3.63, 3.8) is 0 Å². The third kappa shape index (κ3) is 1.83. The topological polar surface area (TPSA) is 8.29 Å². The Balaban J connectivity index is 2.01. The normalized spacial score (nSPS) is 13.1. The van der Waals surface area contributed by atoms with Crippen LogP contribution < -0.4 is 4.57 Å². The molecule has 0 N–H and O–H groups in total. The van der Waals surface area contributed by atoms with Crippen LogP contribution in [0.4, 0.5) is 0 Å². The van der Waals surface area contributed by atoms with Gasteiger partial charge in [-0.3, -0.25) is 0 Å². The number of benzene rings is 1. The van der Waals surface area contributed by atoms with Crippen LogP contribution in [0.5, 0.6) is 0 Å². The van der Waals surface area contributed by atoms with E-state index in [0.717, 1.165) is 6.42 Å². The van der Waals surface area contributed by atoms with Gasteiger partial charge in [-0.25, -0.2) is 4.57 Å². The maximum Gasteiger partial charge on any atom is 0.254 e. The molecule has 0 radical (unpaired) electrons. The maximum absolute atomic E-state index is 2.31. The molecule has 2 heterocycles. The minimum atomic E-state index is 1.05. The minimum absolute atomic E-state index is 1.05. The standard InChI is InChI=1S/C20H21N2/c1-13-8-15(3)20(16(4)9-13)21-11-17-10-14(2)18-6-5-7-19(18)22(17)12-21/h5,7-12H,6H2,1-4H3/q+1. The van der Waals surface area contributed by atoms with E-state index in [1.165, 1.54) is 44.7 Å². The van der Waals surface area contributed by atoms with E-state index < -0.39 is 0 Å². The van der Waals surface area contributed by atoms with Gasteiger partial charge in [0.2, 0.25) is 0 Å². The molecule has 0 amide bonds. The van der Waals surface area contributed by atoms with Crippen molar-refractivity contribution >= 4 is 11.6 Å². The molecule has 22 heavy (non-hydrogen) atoms. The fourth-order valence-electron chi connectivity index (χ4n) is 3.83. The van der Waals surface area contributed by atoms with Crippen LogP contribution >= 0.6 is 0 Å². The van der Waals surface area contributed by atoms with E-state index in [1.807, 2.05) is 0 Å². The van der Waals surface area contributed by atoms with Crippen LogP contribution in [0.2, 0.25) is 0 Å². The van der Waals surface area contributed by atoms with Crippen LogP contribution in [0.25, 0.3) is 17.3 Å². The summed E-state index contributed by atoms with van der Waals surface area (Å²) >= 11 is 0. The smallest absolute Gasteiger partial charge is 0.201 e. The van der Waals surface area contributed by atoms with Gasteiger partial charge in [-0.15, -0.1) is 0 Å². The Morgan fingerprint density at radius 1 is 0.955 bits per heavy atom. The summed E-state index contributed by atoms with van der Waals surface area (Å²) in [6.07, 6.45) is 10.0. The van der Waals surface area contributed by atoms with Gasteiger partial charge in [-0.05, 0) is 62.9 Å². The number of fused-ring (bicyclic) bond motifs is 3. The molecule has 3 aromatic rings. The Hall–Kier alpha value is -2.35. The lowest BCUT2D eigenvalue weighted by Crippen LogP contribution is -2.29. The zero-order valence-corrected chi connectivity index (χ0v) is 13.6. The van der Waals surface area contributed by atoms with Gasteiger partial charge in [0.15, 0.2) is 5.52 Å². The molecular weight excluding hydrogens is 268 g/mol. The molecule has 1 aromatic carbocycles. The summed E-state index contributed by atoms with van der Waals surface area (Å²) in [5.41, 5.74) is 10.7. The van der Waals surface area contributed by atoms with Gasteiger partial charge < -0.3 is 0 Å². The molecule has 0 saturated carbocycles. The molecule has 0 atom stereocenters. The second kappa shape index (κ2) is 4.57. The van der Waals surface area contributed by atoms with Gasteiger partial charge in [0.05, 0.1) is 0 Å². The van der Waals surface area contributed by atoms with Crippen LogP contribution in [-0.4, -0.2) is 4.40 Å². The van der Waals surface area contributed by atoms with E-state index in [0.29, 0.717) is 0 Å². The molecule has 1 aliphatic carbocycles. The van der Waals surface area contributed by atoms with Gasteiger partial charge in [-0.2, -0.15) is 4.40 Å². The first-order valence-corrected chi connectivity index (χ1v) is 7.85. The molecule has 0 bridgehead atoms. The highest BCUT2D eigenvalue weighted by Gasteiger charge is 2.20. The van der Waals surface area contributed by atoms with Crippen molar-refractivity contribution < 1.29 is 4.57 Å². The molecule has 0 fully saturated rings. The summed E-state index contributed by atoms with van der Waals surface area (Å²) in [7, 11) is 0. The highest BCUT2D eigenvalue weighted by atomic mass is 15.1. The quantitative estimate of drug-likeness (QED) is 0.598. The lowest BCUT2D eigenvalue weighted by molar-refractivity contribution is -0.594. The number of hydrogen-bond donors (Lipinski definition) is 0. The van der Waals surface area contributed by atoms with Crippen LogP contribution in [0.1, 0.15) is 33.5 Å². The summed E-state index contributed by atoms with van der Waals surface area (Å²) < 4.78 is 4.58. The summed E-state index contributed by atoms with van der Waals surface area (Å²) in [5, 5.41) is 0. The first-order chi connectivity index (χ1) is 10.5. The second-order valence-corrected chi connectivity index (χ2v) is 6.49. The number of pyridine rings is 1. The Morgan fingerprint density at radius 3 is 2.41 bits per heavy atom. The lowest BCUT2D eigenvalue weighted by atomic mass is 10.1. The van der Waals surface area contributed by atoms with Gasteiger partial charge >= 0.3 is 0 Å². The average Bonchev–Trinajstić information content (AvgIpc) is 3.03. The molecule has 0 aliphatic heterocycles. The number of rotatable bonds is 1. The predicted octanol–water partition coefficient (Wildman–Crippen LogP) is 4.02. The van der Waals surface area contributed by atoms with Crippen LogP contribution in [0.3, 0.4) is 0 Å². The van der Waals surface area contributed by atoms with Gasteiger partial charge in [-0.1, -0.05) is 23.8 Å². The molecule has 0 saturated heterocycles. The Kier molecular flexibility index (Phi) is 2.77. The average molecular weight is 289 g/mol. The predicted molar refractivity (Wildman–Crippen MR) is 90.6 cm³/mol. The molecule has 1 aliphatic rings. The molecule has 110 valence electrons. The van der Waals surface area contributed by atoms with Crippen molar-refractivity contribution in [2.75, 3.05) is 0 Å². The molecule has 2 heteroatoms. The summed E-state index contributed by atoms with van der Waals surface area (Å²) in [6.45, 7) is 8.76. The highest BCUT2D eigenvalue weighted by Crippen LogP contribution is 2.25. The second-order valence-electron chi connectivity index (χ2n) is 6.49. The van der Waals surface area contributed by atoms with Crippen molar-refractivity contribution in [1.29, 1.82) is 0 Å². The largest absolute Gasteiger partial charge is 0.254 e. The molecule has 0 unspecified atom stereocenters. The fraction of sp³-hybridized carbons (Fsp3) is 0.250. The number of aryl methyl sites for hydroxylation is 4. The summed E-state index contributed by atoms with van der Waals surface area (Å²) in [6, 6.07) is 6.81. The molecule has 2 aromatic heterocycles. The van der Waals surface area contributed by atoms with Gasteiger partial charge in [0.25, 0.3) is 6.33 Å². The summed E-state index contributed by atoms with van der Waals surface area (Å²) in [5.74, 6) is 0. The van der Waals surface area contributed by atoms with Gasteiger partial charge in [0, 0.05) is 5.56 Å². The number of hydrogen-bond acceptors (Lipinski definition) is 0. The Morgan fingerprint density at radius 2 is 1.68 bits per heavy atom. The first kappa shape index (κ1) is 13.3. The molecular formula is C20H21N2+. The highest BCUT2D eigenvalue weighted by molar-refractivity contribution is 5.64. The third-order valence-electron chi connectivity index (χ3n) is 4.69. The maximum atomic E-state index is 2.31. The van der Waals surface area contributed by atoms with Crippen LogP contribution in [-0.2, 0) is 6.42 Å². The van der Waals surface area contributed by atoms with E-state index in [4.69, 9.17) is 0 Å². The first-order valence-electron chi connectivity index (χ1n) is 7.85. The van der Waals surface area contributed by atoms with Crippen molar-refractivity contribution in [2.45, 2.75) is 34.1 Å². The number of imidazole rings is 1. The third-order valence-corrected chi connectivity index (χ3v) is 4.69. The van der Waals surface area contributed by atoms with Crippen LogP contribution in [0.15, 0.2) is 36.8 Å². The Labute approximate surface area is 131 Å². The van der Waals surface area contributed by atoms with Crippen LogP contribution in [0, 0.1) is 27.7 Å². The molecule has 2 nitrogen and oxygen atoms in total. The minimum Gasteiger partial charge on any atom is -0.201 e. The molecule has 0 spiro atoms. The lowest BCUT2D eigenvalue weighted by Gasteiger charge is -2.06. The summed E-state index contributed by atoms with van der Waals surface area (Å²) in [4.78, 5) is 0. The van der Waals surface area contributed by atoms with E-state index in [9.17, 15) is 0 Å². The fourth-order valence-corrected chi connectivity index (χ4v) is 3.83. The molecule has 4 rings (SSSR count). The Bertz CT molecular complexity index is 919. The number of allylic oxidation sites excluding steroid dienone is 1. The zero-order chi connectivity index (χ0) is 15.4. The SMILES string of the molecule is Cc1cc(C)c(-[n+]2cc3cc(C)c4c(n3c2)C=CC4)c(C)c1. The van der Waals surface area contributed by atoms with E-state index in [2.05, 4.69) is 79.5 Å². The van der Waals surface area contributed by atoms with E-state index in [-0.39, 0.29) is 0 Å². The zero-order valence-electron chi connectivity index (χ0n) is 13.6. The van der Waals surface area contributed by atoms with Crippen molar-refractivity contribution in [1.82, 2.24) is 4.40 Å². The van der Waals surface area contributed by atoms with E-state index in [1.54, 1.807) is 0 Å². The number of aromatic nitrogens is 2. The van der Waals surface area contributed by atoms with E-state index >= 15 is 0 Å². The van der Waals surface area contributed by atoms with Gasteiger partial charge in [0.1, 0.15) is 17.6 Å².